The number of rotatable bonds is 2. The lowest BCUT2D eigenvalue weighted by molar-refractivity contribution is 0.0484. The molecule has 0 saturated heterocycles. The Morgan fingerprint density at radius 3 is 2.82 bits per heavy atom. The monoisotopic (exact) mass is 341 g/mol. The van der Waals surface area contributed by atoms with E-state index in [1.165, 1.54) is 4.90 Å². The summed E-state index contributed by atoms with van der Waals surface area (Å²) in [6.45, 7) is 1.60. The Morgan fingerprint density at radius 2 is 2.18 bits per heavy atom. The van der Waals surface area contributed by atoms with E-state index in [1.807, 2.05) is 0 Å². The average Bonchev–Trinajstić information content (AvgIpc) is 3.01. The number of fused-ring (bicyclic) bond motifs is 1. The fourth-order valence-electron chi connectivity index (χ4n) is 2.77. The lowest BCUT2D eigenvalue weighted by atomic mass is 10.1. The molecule has 0 saturated carbocycles. The number of hydrogen-bond acceptors (Lipinski definition) is 5. The molecule has 1 aromatic carbocycles. The molecule has 1 amide bonds. The first-order valence-corrected chi connectivity index (χ1v) is 7.37. The summed E-state index contributed by atoms with van der Waals surface area (Å²) in [5.41, 5.74) is 1.54. The van der Waals surface area contributed by atoms with Crippen molar-refractivity contribution in [1.82, 2.24) is 15.0 Å². The Hall–Kier alpha value is -1.63. The number of carbonyl (C=O) groups is 1. The molecule has 1 aliphatic rings. The Labute approximate surface area is 136 Å². The van der Waals surface area contributed by atoms with Gasteiger partial charge in [0.15, 0.2) is 0 Å². The minimum Gasteiger partial charge on any atom is -0.390 e. The van der Waals surface area contributed by atoms with Gasteiger partial charge >= 0.3 is 0 Å². The van der Waals surface area contributed by atoms with Gasteiger partial charge in [-0.05, 0) is 23.3 Å². The molecule has 0 unspecified atom stereocenters. The quantitative estimate of drug-likeness (QED) is 0.907. The maximum absolute atomic E-state index is 12.4. The second kappa shape index (κ2) is 5.53. The fraction of sp³-hybridized carbons (Fsp3) is 0.357. The molecule has 1 heterocycles. The number of hydrogen-bond donors (Lipinski definition) is 1. The van der Waals surface area contributed by atoms with Crippen molar-refractivity contribution in [2.75, 3.05) is 7.05 Å². The van der Waals surface area contributed by atoms with Crippen LogP contribution in [0.1, 0.15) is 33.7 Å². The number of aryl methyl sites for hydroxylation is 1. The van der Waals surface area contributed by atoms with Crippen molar-refractivity contribution in [1.29, 1.82) is 0 Å². The van der Waals surface area contributed by atoms with Crippen molar-refractivity contribution in [2.24, 2.45) is 0 Å². The first-order chi connectivity index (χ1) is 10.4. The summed E-state index contributed by atoms with van der Waals surface area (Å²) >= 11 is 12.2. The number of amides is 1. The van der Waals surface area contributed by atoms with Gasteiger partial charge in [-0.3, -0.25) is 4.79 Å². The third-order valence-electron chi connectivity index (χ3n) is 3.75. The zero-order valence-corrected chi connectivity index (χ0v) is 13.4. The lowest BCUT2D eigenvalue weighted by Gasteiger charge is -2.27. The first kappa shape index (κ1) is 15.3. The third-order valence-corrected chi connectivity index (χ3v) is 4.30. The van der Waals surface area contributed by atoms with Crippen LogP contribution in [0, 0.1) is 6.92 Å². The topological polar surface area (TPSA) is 79.5 Å². The fourth-order valence-corrected chi connectivity index (χ4v) is 3.35. The molecule has 1 aromatic heterocycles. The van der Waals surface area contributed by atoms with Crippen molar-refractivity contribution >= 4 is 29.1 Å². The van der Waals surface area contributed by atoms with Gasteiger partial charge in [0.05, 0.1) is 12.1 Å². The second-order valence-corrected chi connectivity index (χ2v) is 6.07. The van der Waals surface area contributed by atoms with E-state index in [-0.39, 0.29) is 5.82 Å². The van der Waals surface area contributed by atoms with Crippen molar-refractivity contribution in [3.8, 4) is 0 Å². The van der Waals surface area contributed by atoms with Crippen molar-refractivity contribution in [2.45, 2.75) is 25.5 Å². The molecule has 6 nitrogen and oxygen atoms in total. The van der Waals surface area contributed by atoms with Gasteiger partial charge in [-0.1, -0.05) is 28.4 Å². The smallest absolute Gasteiger partial charge is 0.295 e. The van der Waals surface area contributed by atoms with Gasteiger partial charge in [0.2, 0.25) is 5.89 Å². The molecular formula is C14H13Cl2N3O3. The molecule has 0 radical (unpaired) electrons. The maximum atomic E-state index is 12.4. The number of carbonyl (C=O) groups excluding carboxylic acids is 1. The lowest BCUT2D eigenvalue weighted by Crippen LogP contribution is -2.36. The summed E-state index contributed by atoms with van der Waals surface area (Å²) in [7, 11) is 1.58. The second-order valence-electron chi connectivity index (χ2n) is 5.22. The molecule has 0 bridgehead atoms. The SMILES string of the molecule is Cc1nc(C(=O)N(C)[C@H]2c3cc(Cl)cc(Cl)c3C[C@@H]2O)no1. The average molecular weight is 342 g/mol. The van der Waals surface area contributed by atoms with Gasteiger partial charge in [-0.25, -0.2) is 0 Å². The van der Waals surface area contributed by atoms with Gasteiger partial charge in [0.25, 0.3) is 11.7 Å². The first-order valence-electron chi connectivity index (χ1n) is 6.62. The van der Waals surface area contributed by atoms with Crippen LogP contribution >= 0.6 is 23.2 Å². The molecule has 0 fully saturated rings. The van der Waals surface area contributed by atoms with Gasteiger partial charge in [-0.15, -0.1) is 0 Å². The highest BCUT2D eigenvalue weighted by atomic mass is 35.5. The Balaban J connectivity index is 1.97. The summed E-state index contributed by atoms with van der Waals surface area (Å²) in [6.07, 6.45) is -0.410. The number of aliphatic hydroxyl groups is 1. The predicted molar refractivity (Wildman–Crippen MR) is 80.0 cm³/mol. The normalized spacial score (nSPS) is 20.0. The highest BCUT2D eigenvalue weighted by molar-refractivity contribution is 6.35. The summed E-state index contributed by atoms with van der Waals surface area (Å²) in [5, 5.41) is 14.9. The number of aromatic nitrogens is 2. The van der Waals surface area contributed by atoms with Crippen LogP contribution in [-0.2, 0) is 6.42 Å². The van der Waals surface area contributed by atoms with Crippen LogP contribution < -0.4 is 0 Å². The Kier molecular flexibility index (Phi) is 3.84. The standard InChI is InChI=1S/C14H13Cl2N3O3/c1-6-17-13(18-22-6)14(21)19(2)12-9-3-7(15)4-10(16)8(9)5-11(12)20/h3-4,11-12,20H,5H2,1-2H3/t11-,12-/m0/s1. The molecule has 3 rings (SSSR count). The van der Waals surface area contributed by atoms with Crippen LogP contribution in [0.15, 0.2) is 16.7 Å². The highest BCUT2D eigenvalue weighted by Gasteiger charge is 2.38. The summed E-state index contributed by atoms with van der Waals surface area (Å²) < 4.78 is 4.82. The number of nitrogens with zero attached hydrogens (tertiary/aromatic N) is 3. The Morgan fingerprint density at radius 1 is 1.45 bits per heavy atom. The molecule has 22 heavy (non-hydrogen) atoms. The highest BCUT2D eigenvalue weighted by Crippen LogP contribution is 2.41. The third kappa shape index (κ3) is 2.47. The van der Waals surface area contributed by atoms with E-state index in [0.717, 1.165) is 11.1 Å². The zero-order valence-electron chi connectivity index (χ0n) is 11.9. The molecular weight excluding hydrogens is 329 g/mol. The van der Waals surface area contributed by atoms with E-state index in [1.54, 1.807) is 26.1 Å². The van der Waals surface area contributed by atoms with E-state index >= 15 is 0 Å². The van der Waals surface area contributed by atoms with E-state index in [2.05, 4.69) is 10.1 Å². The number of benzene rings is 1. The maximum Gasteiger partial charge on any atom is 0.295 e. The van der Waals surface area contributed by atoms with Crippen LogP contribution in [0.5, 0.6) is 0 Å². The molecule has 1 N–H and O–H groups in total. The Bertz CT molecular complexity index is 747. The molecule has 2 atom stereocenters. The summed E-state index contributed by atoms with van der Waals surface area (Å²) in [5.74, 6) is -0.186. The van der Waals surface area contributed by atoms with Crippen LogP contribution in [0.3, 0.4) is 0 Å². The molecule has 2 aromatic rings. The van der Waals surface area contributed by atoms with Crippen LogP contribution in [0.25, 0.3) is 0 Å². The summed E-state index contributed by atoms with van der Waals surface area (Å²) in [4.78, 5) is 17.7. The van der Waals surface area contributed by atoms with Crippen LogP contribution in [0.4, 0.5) is 0 Å². The number of halogens is 2. The number of likely N-dealkylation sites (N-methyl/N-ethyl adjacent to an activating group) is 1. The van der Waals surface area contributed by atoms with Crippen molar-refractivity contribution in [3.05, 3.63) is 45.0 Å². The van der Waals surface area contributed by atoms with Crippen molar-refractivity contribution < 1.29 is 14.4 Å². The molecule has 0 aliphatic heterocycles. The zero-order chi connectivity index (χ0) is 16.0. The molecule has 116 valence electrons. The van der Waals surface area contributed by atoms with Gasteiger partial charge < -0.3 is 14.5 Å². The minimum atomic E-state index is -0.770. The molecule has 0 spiro atoms. The predicted octanol–water partition coefficient (Wildman–Crippen LogP) is 2.42. The van der Waals surface area contributed by atoms with Crippen LogP contribution in [-0.4, -0.2) is 39.2 Å². The van der Waals surface area contributed by atoms with E-state index in [4.69, 9.17) is 27.7 Å². The molecule has 1 aliphatic carbocycles. The summed E-state index contributed by atoms with van der Waals surface area (Å²) in [6, 6.07) is 2.79. The van der Waals surface area contributed by atoms with Crippen LogP contribution in [0.2, 0.25) is 10.0 Å². The van der Waals surface area contributed by atoms with E-state index in [0.29, 0.717) is 22.4 Å². The van der Waals surface area contributed by atoms with Crippen molar-refractivity contribution in [3.63, 3.8) is 0 Å². The number of aliphatic hydroxyl groups excluding tert-OH is 1. The molecule has 8 heteroatoms. The van der Waals surface area contributed by atoms with Gasteiger partial charge in [-0.2, -0.15) is 4.98 Å². The van der Waals surface area contributed by atoms with E-state index in [9.17, 15) is 9.90 Å². The minimum absolute atomic E-state index is 0.0474. The largest absolute Gasteiger partial charge is 0.390 e. The van der Waals surface area contributed by atoms with E-state index < -0.39 is 18.1 Å². The van der Waals surface area contributed by atoms with Gasteiger partial charge in [0.1, 0.15) is 0 Å². The van der Waals surface area contributed by atoms with Gasteiger partial charge in [0, 0.05) is 30.4 Å².